The molecule has 2 saturated heterocycles. The number of carbonyl (C=O) groups excluding carboxylic acids is 2. The fourth-order valence-electron chi connectivity index (χ4n) is 3.85. The Morgan fingerprint density at radius 2 is 2.06 bits per heavy atom. The number of hydrogen-bond acceptors (Lipinski definition) is 7. The van der Waals surface area contributed by atoms with Gasteiger partial charge in [0.2, 0.25) is 17.8 Å². The van der Waals surface area contributed by atoms with Gasteiger partial charge in [0.15, 0.2) is 0 Å². The molecule has 0 aliphatic carbocycles. The Bertz CT molecular complexity index is 961. The molecule has 2 aromatic rings. The van der Waals surface area contributed by atoms with E-state index in [-0.39, 0.29) is 18.2 Å². The van der Waals surface area contributed by atoms with Gasteiger partial charge in [0.25, 0.3) is 0 Å². The van der Waals surface area contributed by atoms with E-state index in [2.05, 4.69) is 20.2 Å². The highest BCUT2D eigenvalue weighted by Crippen LogP contribution is 2.28. The van der Waals surface area contributed by atoms with Crippen LogP contribution >= 0.6 is 0 Å². The fraction of sp³-hybridized carbons (Fsp3) is 0.455. The van der Waals surface area contributed by atoms with Crippen LogP contribution in [0.4, 0.5) is 11.6 Å². The smallest absolute Gasteiger partial charge is 0.227 e. The van der Waals surface area contributed by atoms with Gasteiger partial charge in [0, 0.05) is 43.5 Å². The number of methoxy groups -OCH3 is 1. The molecule has 2 amide bonds. The van der Waals surface area contributed by atoms with Crippen molar-refractivity contribution in [2.75, 3.05) is 49.8 Å². The molecule has 0 saturated carbocycles. The first-order valence-corrected chi connectivity index (χ1v) is 10.4. The summed E-state index contributed by atoms with van der Waals surface area (Å²) in [5, 5.41) is 2.94. The van der Waals surface area contributed by atoms with E-state index in [0.29, 0.717) is 38.0 Å². The van der Waals surface area contributed by atoms with E-state index >= 15 is 0 Å². The molecule has 164 valence electrons. The Hall–Kier alpha value is -3.20. The Labute approximate surface area is 181 Å². The topological polar surface area (TPSA) is 96.9 Å². The van der Waals surface area contributed by atoms with Gasteiger partial charge in [-0.1, -0.05) is 6.07 Å². The third-order valence-corrected chi connectivity index (χ3v) is 5.49. The average molecular weight is 425 g/mol. The first kappa shape index (κ1) is 21.0. The molecule has 0 radical (unpaired) electrons. The van der Waals surface area contributed by atoms with Crippen LogP contribution in [0.25, 0.3) is 0 Å². The van der Waals surface area contributed by atoms with E-state index in [1.165, 1.54) is 0 Å². The number of nitrogens with one attached hydrogen (secondary N) is 1. The first-order valence-electron chi connectivity index (χ1n) is 10.4. The SMILES string of the molecule is COc1cccc(N2CC(C(=O)NCc3cc(C)nc(N4CCOCC4)n3)CC2=O)c1. The van der Waals surface area contributed by atoms with Gasteiger partial charge >= 0.3 is 0 Å². The minimum Gasteiger partial charge on any atom is -0.497 e. The number of aryl methyl sites for hydroxylation is 1. The van der Waals surface area contributed by atoms with Crippen LogP contribution in [0.2, 0.25) is 0 Å². The van der Waals surface area contributed by atoms with E-state index in [1.54, 1.807) is 18.1 Å². The van der Waals surface area contributed by atoms with Gasteiger partial charge in [-0.3, -0.25) is 9.59 Å². The van der Waals surface area contributed by atoms with E-state index in [0.717, 1.165) is 30.2 Å². The van der Waals surface area contributed by atoms with Gasteiger partial charge < -0.3 is 24.6 Å². The molecule has 2 fully saturated rings. The highest BCUT2D eigenvalue weighted by Gasteiger charge is 2.35. The molecule has 9 nitrogen and oxygen atoms in total. The van der Waals surface area contributed by atoms with E-state index < -0.39 is 5.92 Å². The van der Waals surface area contributed by atoms with Gasteiger partial charge in [-0.05, 0) is 25.1 Å². The predicted molar refractivity (Wildman–Crippen MR) is 115 cm³/mol. The molecule has 1 aromatic heterocycles. The van der Waals surface area contributed by atoms with Crippen LogP contribution in [-0.4, -0.2) is 61.7 Å². The number of amides is 2. The number of nitrogens with zero attached hydrogens (tertiary/aromatic N) is 4. The summed E-state index contributed by atoms with van der Waals surface area (Å²) in [6, 6.07) is 9.17. The van der Waals surface area contributed by atoms with E-state index in [9.17, 15) is 9.59 Å². The van der Waals surface area contributed by atoms with Crippen LogP contribution in [0.15, 0.2) is 30.3 Å². The van der Waals surface area contributed by atoms with Crippen molar-refractivity contribution < 1.29 is 19.1 Å². The van der Waals surface area contributed by atoms with Crippen molar-refractivity contribution in [1.29, 1.82) is 0 Å². The number of aromatic nitrogens is 2. The predicted octanol–water partition coefficient (Wildman–Crippen LogP) is 1.30. The Kier molecular flexibility index (Phi) is 6.31. The summed E-state index contributed by atoms with van der Waals surface area (Å²) in [6.45, 7) is 5.37. The summed E-state index contributed by atoms with van der Waals surface area (Å²) in [6.07, 6.45) is 0.185. The summed E-state index contributed by atoms with van der Waals surface area (Å²) in [5.74, 6) is 0.713. The zero-order chi connectivity index (χ0) is 21.8. The molecule has 1 unspecified atom stereocenters. The molecule has 0 spiro atoms. The quantitative estimate of drug-likeness (QED) is 0.745. The van der Waals surface area contributed by atoms with Gasteiger partial charge in [0.05, 0.1) is 38.5 Å². The van der Waals surface area contributed by atoms with Crippen LogP contribution < -0.4 is 19.9 Å². The number of ether oxygens (including phenoxy) is 2. The number of hydrogen-bond donors (Lipinski definition) is 1. The summed E-state index contributed by atoms with van der Waals surface area (Å²) < 4.78 is 10.6. The maximum atomic E-state index is 12.8. The van der Waals surface area contributed by atoms with Crippen molar-refractivity contribution in [3.05, 3.63) is 41.7 Å². The molecular weight excluding hydrogens is 398 g/mol. The van der Waals surface area contributed by atoms with Gasteiger partial charge in [-0.15, -0.1) is 0 Å². The minimum atomic E-state index is -0.402. The lowest BCUT2D eigenvalue weighted by atomic mass is 10.1. The molecule has 9 heteroatoms. The van der Waals surface area contributed by atoms with E-state index in [4.69, 9.17) is 9.47 Å². The lowest BCUT2D eigenvalue weighted by Gasteiger charge is -2.27. The zero-order valence-corrected chi connectivity index (χ0v) is 17.8. The summed E-state index contributed by atoms with van der Waals surface area (Å²) in [5.41, 5.74) is 2.33. The lowest BCUT2D eigenvalue weighted by molar-refractivity contribution is -0.126. The van der Waals surface area contributed by atoms with Crippen molar-refractivity contribution in [2.24, 2.45) is 5.92 Å². The van der Waals surface area contributed by atoms with Gasteiger partial charge in [-0.25, -0.2) is 9.97 Å². The van der Waals surface area contributed by atoms with Crippen LogP contribution in [0.1, 0.15) is 17.8 Å². The molecule has 0 bridgehead atoms. The molecule has 4 rings (SSSR count). The molecule has 1 N–H and O–H groups in total. The summed E-state index contributed by atoms with van der Waals surface area (Å²) >= 11 is 0. The van der Waals surface area contributed by atoms with Crippen molar-refractivity contribution >= 4 is 23.5 Å². The van der Waals surface area contributed by atoms with Crippen molar-refractivity contribution in [3.8, 4) is 5.75 Å². The largest absolute Gasteiger partial charge is 0.497 e. The molecular formula is C22H27N5O4. The maximum absolute atomic E-state index is 12.8. The van der Waals surface area contributed by atoms with Crippen LogP contribution in [0.5, 0.6) is 5.75 Å². The highest BCUT2D eigenvalue weighted by molar-refractivity contribution is 6.00. The van der Waals surface area contributed by atoms with Crippen molar-refractivity contribution in [2.45, 2.75) is 19.9 Å². The monoisotopic (exact) mass is 425 g/mol. The van der Waals surface area contributed by atoms with Gasteiger partial charge in [-0.2, -0.15) is 0 Å². The zero-order valence-electron chi connectivity index (χ0n) is 17.8. The Morgan fingerprint density at radius 1 is 1.26 bits per heavy atom. The minimum absolute atomic E-state index is 0.0686. The fourth-order valence-corrected chi connectivity index (χ4v) is 3.85. The summed E-state index contributed by atoms with van der Waals surface area (Å²) in [4.78, 5) is 38.1. The second kappa shape index (κ2) is 9.30. The highest BCUT2D eigenvalue weighted by atomic mass is 16.5. The molecule has 3 heterocycles. The first-order chi connectivity index (χ1) is 15.0. The Morgan fingerprint density at radius 3 is 2.84 bits per heavy atom. The maximum Gasteiger partial charge on any atom is 0.227 e. The normalized spacial score (nSPS) is 18.9. The van der Waals surface area contributed by atoms with Crippen LogP contribution in [0, 0.1) is 12.8 Å². The van der Waals surface area contributed by atoms with Crippen LogP contribution in [-0.2, 0) is 20.9 Å². The molecule has 2 aliphatic heterocycles. The number of rotatable bonds is 6. The van der Waals surface area contributed by atoms with Gasteiger partial charge in [0.1, 0.15) is 5.75 Å². The summed E-state index contributed by atoms with van der Waals surface area (Å²) in [7, 11) is 1.58. The number of carbonyl (C=O) groups is 2. The third kappa shape index (κ3) is 4.93. The number of anilines is 2. The molecule has 1 atom stereocenters. The molecule has 31 heavy (non-hydrogen) atoms. The van der Waals surface area contributed by atoms with Crippen molar-refractivity contribution in [1.82, 2.24) is 15.3 Å². The standard InChI is InChI=1S/C22H27N5O4/c1-15-10-17(25-22(24-15)26-6-8-31-9-7-26)13-23-21(29)16-11-20(28)27(14-16)18-4-3-5-19(12-18)30-2/h3-5,10,12,16H,6-9,11,13-14H2,1-2H3,(H,23,29). The lowest BCUT2D eigenvalue weighted by Crippen LogP contribution is -2.38. The molecule has 1 aromatic carbocycles. The second-order valence-electron chi connectivity index (χ2n) is 7.72. The molecule has 2 aliphatic rings. The van der Waals surface area contributed by atoms with E-state index in [1.807, 2.05) is 31.2 Å². The van der Waals surface area contributed by atoms with Crippen molar-refractivity contribution in [3.63, 3.8) is 0 Å². The second-order valence-corrected chi connectivity index (χ2v) is 7.72. The van der Waals surface area contributed by atoms with Crippen LogP contribution in [0.3, 0.4) is 0 Å². The number of morpholine rings is 1. The Balaban J connectivity index is 1.38. The third-order valence-electron chi connectivity index (χ3n) is 5.49. The number of benzene rings is 1. The average Bonchev–Trinajstić information content (AvgIpc) is 3.19.